The average Bonchev–Trinajstić information content (AvgIpc) is 3.35. The van der Waals surface area contributed by atoms with Gasteiger partial charge in [0.2, 0.25) is 0 Å². The monoisotopic (exact) mass is 570 g/mol. The Balaban J connectivity index is 1.06. The van der Waals surface area contributed by atoms with Crippen molar-refractivity contribution in [2.45, 2.75) is 69.7 Å². The predicted octanol–water partition coefficient (Wildman–Crippen LogP) is 6.91. The highest BCUT2D eigenvalue weighted by atomic mass is 16.5. The molecule has 3 aliphatic rings. The van der Waals surface area contributed by atoms with E-state index in [1.54, 1.807) is 0 Å². The highest BCUT2D eigenvalue weighted by molar-refractivity contribution is 5.95. The van der Waals surface area contributed by atoms with Gasteiger partial charge in [-0.3, -0.25) is 9.88 Å². The lowest BCUT2D eigenvalue weighted by atomic mass is 9.87. The molecule has 8 rings (SSSR count). The summed E-state index contributed by atoms with van der Waals surface area (Å²) < 4.78 is 5.75. The number of aromatic amines is 1. The fourth-order valence-corrected chi connectivity index (χ4v) is 7.68. The molecule has 3 atom stereocenters. The Bertz CT molecular complexity index is 1790. The number of pyridine rings is 2. The van der Waals surface area contributed by atoms with Crippen LogP contribution in [-0.4, -0.2) is 56.3 Å². The molecule has 0 amide bonds. The third kappa shape index (κ3) is 4.78. The van der Waals surface area contributed by atoms with E-state index < -0.39 is 5.60 Å². The molecule has 3 aromatic heterocycles. The Hall–Kier alpha value is -3.84. The van der Waals surface area contributed by atoms with E-state index in [4.69, 9.17) is 14.7 Å². The normalized spacial score (nSPS) is 22.2. The summed E-state index contributed by atoms with van der Waals surface area (Å²) in [5, 5.41) is 11.8. The summed E-state index contributed by atoms with van der Waals surface area (Å²) in [5.41, 5.74) is 10.0. The van der Waals surface area contributed by atoms with Gasteiger partial charge in [0.1, 0.15) is 5.65 Å². The third-order valence-corrected chi connectivity index (χ3v) is 9.93. The van der Waals surface area contributed by atoms with Gasteiger partial charge in [-0.1, -0.05) is 48.5 Å². The van der Waals surface area contributed by atoms with Crippen molar-refractivity contribution in [1.82, 2.24) is 19.9 Å². The fraction of sp³-hybridized carbons (Fsp3) is 0.351. The number of H-pyrrole nitrogens is 1. The van der Waals surface area contributed by atoms with Crippen molar-refractivity contribution in [3.63, 3.8) is 0 Å². The first kappa shape index (κ1) is 26.8. The number of hydrogen-bond acceptors (Lipinski definition) is 5. The summed E-state index contributed by atoms with van der Waals surface area (Å²) in [7, 11) is 0. The molecule has 2 saturated heterocycles. The second-order valence-electron chi connectivity index (χ2n) is 13.1. The van der Waals surface area contributed by atoms with Crippen LogP contribution in [0.25, 0.3) is 44.5 Å². The summed E-state index contributed by atoms with van der Waals surface area (Å²) in [4.78, 5) is 15.7. The number of nitrogens with one attached hydrogen (secondary N) is 1. The first-order valence-electron chi connectivity index (χ1n) is 15.7. The molecule has 0 radical (unpaired) electrons. The number of nitrogens with zero attached hydrogens (tertiary/aromatic N) is 3. The van der Waals surface area contributed by atoms with E-state index >= 15 is 0 Å². The number of ether oxygens (including phenoxy) is 1. The van der Waals surface area contributed by atoms with Crippen LogP contribution in [0.4, 0.5) is 0 Å². The summed E-state index contributed by atoms with van der Waals surface area (Å²) in [6.45, 7) is 5.45. The summed E-state index contributed by atoms with van der Waals surface area (Å²) in [5.74, 6) is 0. The van der Waals surface area contributed by atoms with Crippen LogP contribution in [0.5, 0.6) is 0 Å². The molecule has 1 aliphatic carbocycles. The zero-order valence-electron chi connectivity index (χ0n) is 24.9. The maximum absolute atomic E-state index is 10.7. The lowest BCUT2D eigenvalue weighted by Crippen LogP contribution is -2.66. The van der Waals surface area contributed by atoms with Crippen LogP contribution in [0.1, 0.15) is 49.8 Å². The van der Waals surface area contributed by atoms with Crippen LogP contribution in [0.3, 0.4) is 0 Å². The van der Waals surface area contributed by atoms with E-state index in [9.17, 15) is 5.11 Å². The molecule has 0 spiro atoms. The number of hydrogen-bond donors (Lipinski definition) is 2. The zero-order valence-corrected chi connectivity index (χ0v) is 24.9. The van der Waals surface area contributed by atoms with Crippen molar-refractivity contribution in [2.24, 2.45) is 0 Å². The molecule has 5 aromatic rings. The van der Waals surface area contributed by atoms with Crippen LogP contribution in [0, 0.1) is 0 Å². The van der Waals surface area contributed by atoms with E-state index in [0.29, 0.717) is 18.1 Å². The van der Waals surface area contributed by atoms with Gasteiger partial charge in [-0.05, 0) is 80.3 Å². The minimum Gasteiger partial charge on any atom is -0.386 e. The van der Waals surface area contributed by atoms with Crippen LogP contribution < -0.4 is 0 Å². The van der Waals surface area contributed by atoms with Crippen molar-refractivity contribution in [3.8, 4) is 33.5 Å². The number of benzene rings is 2. The van der Waals surface area contributed by atoms with Gasteiger partial charge in [0.15, 0.2) is 0 Å². The Labute approximate surface area is 252 Å². The van der Waals surface area contributed by atoms with Gasteiger partial charge in [-0.25, -0.2) is 4.98 Å². The molecule has 6 heteroatoms. The molecule has 2 aromatic carbocycles. The smallest absolute Gasteiger partial charge is 0.137 e. The number of aliphatic hydroxyl groups is 1. The van der Waals surface area contributed by atoms with Crippen LogP contribution in [0.15, 0.2) is 79.3 Å². The Morgan fingerprint density at radius 1 is 0.814 bits per heavy atom. The maximum Gasteiger partial charge on any atom is 0.137 e. The molecule has 2 aliphatic heterocycles. The molecule has 2 N–H and O–H groups in total. The van der Waals surface area contributed by atoms with Gasteiger partial charge in [0.25, 0.3) is 0 Å². The lowest BCUT2D eigenvalue weighted by molar-refractivity contribution is -0.148. The van der Waals surface area contributed by atoms with Crippen LogP contribution in [-0.2, 0) is 23.2 Å². The maximum atomic E-state index is 10.7. The summed E-state index contributed by atoms with van der Waals surface area (Å²) >= 11 is 0. The molecule has 5 heterocycles. The molecule has 218 valence electrons. The molecular weight excluding hydrogens is 532 g/mol. The van der Waals surface area contributed by atoms with Gasteiger partial charge in [0, 0.05) is 64.4 Å². The fourth-order valence-electron chi connectivity index (χ4n) is 7.68. The second-order valence-corrected chi connectivity index (χ2v) is 13.1. The molecule has 2 unspecified atom stereocenters. The van der Waals surface area contributed by atoms with Gasteiger partial charge in [-0.15, -0.1) is 0 Å². The largest absolute Gasteiger partial charge is 0.386 e. The minimum atomic E-state index is -0.948. The number of rotatable bonds is 5. The standard InChI is InChI=1S/C37H38N4O2/c1-37(2,42)34-6-4-3-5-31(34)35-14-11-26(18-38-35)33-20-40-36-32(33)16-27(19-39-36)25-8-7-23-9-12-28(13-10-24(23)15-25)41-29-17-30(41)22-43-21-29/h3-8,11,14-16,18-20,28-30,42H,9-10,12-13,17,21-22H2,1-2H3,(H,39,40)/t28-,29?,30?/m0/s1. The van der Waals surface area contributed by atoms with Crippen molar-refractivity contribution in [1.29, 1.82) is 0 Å². The topological polar surface area (TPSA) is 74.3 Å². The molecule has 43 heavy (non-hydrogen) atoms. The molecule has 2 bridgehead atoms. The molecule has 0 saturated carbocycles. The van der Waals surface area contributed by atoms with E-state index in [1.165, 1.54) is 36.0 Å². The van der Waals surface area contributed by atoms with Gasteiger partial charge in [-0.2, -0.15) is 0 Å². The van der Waals surface area contributed by atoms with E-state index in [0.717, 1.165) is 70.6 Å². The average molecular weight is 571 g/mol. The number of fused-ring (bicyclic) bond motifs is 4. The summed E-state index contributed by atoms with van der Waals surface area (Å²) in [6, 6.07) is 23.3. The van der Waals surface area contributed by atoms with Crippen molar-refractivity contribution < 1.29 is 9.84 Å². The molecular formula is C37H38N4O2. The summed E-state index contributed by atoms with van der Waals surface area (Å²) in [6.07, 6.45) is 12.0. The first-order chi connectivity index (χ1) is 20.9. The number of morpholine rings is 1. The van der Waals surface area contributed by atoms with Crippen molar-refractivity contribution in [3.05, 3.63) is 95.9 Å². The Morgan fingerprint density at radius 3 is 2.35 bits per heavy atom. The van der Waals surface area contributed by atoms with E-state index in [-0.39, 0.29) is 0 Å². The SMILES string of the molecule is CC(C)(O)c1ccccc1-c1ccc(-c2c[nH]c3ncc(-c4ccc5c(c4)CC[C@@H](N4C6COCC4C6)CC5)cc23)cn1. The zero-order chi connectivity index (χ0) is 29.1. The van der Waals surface area contributed by atoms with Gasteiger partial charge in [0.05, 0.1) is 24.5 Å². The first-order valence-corrected chi connectivity index (χ1v) is 15.7. The second kappa shape index (κ2) is 10.4. The van der Waals surface area contributed by atoms with E-state index in [1.807, 2.05) is 62.8 Å². The highest BCUT2D eigenvalue weighted by Crippen LogP contribution is 2.38. The molecule has 6 nitrogen and oxygen atoms in total. The lowest BCUT2D eigenvalue weighted by Gasteiger charge is -2.56. The van der Waals surface area contributed by atoms with Crippen molar-refractivity contribution in [2.75, 3.05) is 13.2 Å². The van der Waals surface area contributed by atoms with Crippen LogP contribution in [0.2, 0.25) is 0 Å². The highest BCUT2D eigenvalue weighted by Gasteiger charge is 2.45. The number of aryl methyl sites for hydroxylation is 2. The quantitative estimate of drug-likeness (QED) is 0.225. The van der Waals surface area contributed by atoms with Gasteiger partial charge < -0.3 is 14.8 Å². The van der Waals surface area contributed by atoms with E-state index in [2.05, 4.69) is 40.2 Å². The minimum absolute atomic E-state index is 0.642. The number of aromatic nitrogens is 3. The predicted molar refractivity (Wildman–Crippen MR) is 171 cm³/mol. The van der Waals surface area contributed by atoms with Crippen molar-refractivity contribution >= 4 is 11.0 Å². The van der Waals surface area contributed by atoms with Crippen LogP contribution >= 0.6 is 0 Å². The Kier molecular flexibility index (Phi) is 6.48. The van der Waals surface area contributed by atoms with Gasteiger partial charge >= 0.3 is 0 Å². The Morgan fingerprint density at radius 2 is 1.58 bits per heavy atom. The third-order valence-electron chi connectivity index (χ3n) is 9.93. The molecule has 2 fully saturated rings.